The maximum Gasteiger partial charge on any atom is 0.257 e. The quantitative estimate of drug-likeness (QED) is 0.758. The summed E-state index contributed by atoms with van der Waals surface area (Å²) in [6, 6.07) is 0.278. The van der Waals surface area contributed by atoms with Gasteiger partial charge < -0.3 is 4.90 Å². The predicted molar refractivity (Wildman–Crippen MR) is 71.2 cm³/mol. The molecule has 0 spiro atoms. The van der Waals surface area contributed by atoms with Gasteiger partial charge in [-0.2, -0.15) is 0 Å². The summed E-state index contributed by atoms with van der Waals surface area (Å²) in [7, 11) is 0. The van der Waals surface area contributed by atoms with Gasteiger partial charge in [0.25, 0.3) is 5.91 Å². The average molecular weight is 300 g/mol. The Labute approximate surface area is 111 Å². The molecule has 0 bridgehead atoms. The zero-order chi connectivity index (χ0) is 12.7. The highest BCUT2D eigenvalue weighted by molar-refractivity contribution is 9.09. The molecule has 0 saturated heterocycles. The molecule has 1 rings (SSSR count). The molecule has 0 radical (unpaired) electrons. The van der Waals surface area contributed by atoms with E-state index in [-0.39, 0.29) is 11.9 Å². The van der Waals surface area contributed by atoms with Gasteiger partial charge in [-0.25, -0.2) is 9.97 Å². The normalized spacial score (nSPS) is 10.6. The first-order chi connectivity index (χ1) is 8.24. The van der Waals surface area contributed by atoms with E-state index in [0.29, 0.717) is 12.1 Å². The van der Waals surface area contributed by atoms with E-state index in [2.05, 4.69) is 39.7 Å². The van der Waals surface area contributed by atoms with E-state index in [9.17, 15) is 4.79 Å². The summed E-state index contributed by atoms with van der Waals surface area (Å²) < 4.78 is 0. The summed E-state index contributed by atoms with van der Waals surface area (Å²) >= 11 is 3.39. The third-order valence-electron chi connectivity index (χ3n) is 2.78. The molecule has 0 saturated carbocycles. The standard InChI is InChI=1S/C12H18BrN3O/c1-3-11(4-2)16(6-5-13)12(17)10-7-14-9-15-8-10/h7-9,11H,3-6H2,1-2H3. The highest BCUT2D eigenvalue weighted by Gasteiger charge is 2.21. The van der Waals surface area contributed by atoms with Gasteiger partial charge in [0, 0.05) is 30.3 Å². The van der Waals surface area contributed by atoms with Crippen molar-refractivity contribution in [2.45, 2.75) is 32.7 Å². The minimum atomic E-state index is 0.0127. The van der Waals surface area contributed by atoms with Crippen molar-refractivity contribution < 1.29 is 4.79 Å². The predicted octanol–water partition coefficient (Wildman–Crippen LogP) is 2.50. The zero-order valence-electron chi connectivity index (χ0n) is 10.3. The number of carbonyl (C=O) groups is 1. The van der Waals surface area contributed by atoms with Gasteiger partial charge >= 0.3 is 0 Å². The lowest BCUT2D eigenvalue weighted by Crippen LogP contribution is -2.41. The molecule has 5 heteroatoms. The van der Waals surface area contributed by atoms with Crippen LogP contribution in [0, 0.1) is 0 Å². The monoisotopic (exact) mass is 299 g/mol. The van der Waals surface area contributed by atoms with Gasteiger partial charge in [0.05, 0.1) is 5.56 Å². The van der Waals surface area contributed by atoms with Crippen LogP contribution in [-0.2, 0) is 0 Å². The Morgan fingerprint density at radius 3 is 2.41 bits per heavy atom. The lowest BCUT2D eigenvalue weighted by atomic mass is 10.1. The van der Waals surface area contributed by atoms with Crippen molar-refractivity contribution in [3.63, 3.8) is 0 Å². The Morgan fingerprint density at radius 1 is 1.35 bits per heavy atom. The molecule has 4 nitrogen and oxygen atoms in total. The molecular weight excluding hydrogens is 282 g/mol. The van der Waals surface area contributed by atoms with Crippen molar-refractivity contribution in [3.8, 4) is 0 Å². The Morgan fingerprint density at radius 2 is 1.94 bits per heavy atom. The lowest BCUT2D eigenvalue weighted by Gasteiger charge is -2.29. The minimum Gasteiger partial charge on any atom is -0.335 e. The second kappa shape index (κ2) is 7.37. The molecule has 0 aliphatic rings. The first kappa shape index (κ1) is 14.1. The van der Waals surface area contributed by atoms with E-state index in [1.54, 1.807) is 12.4 Å². The Kier molecular flexibility index (Phi) is 6.11. The van der Waals surface area contributed by atoms with Gasteiger partial charge in [0.1, 0.15) is 6.33 Å². The number of carbonyl (C=O) groups excluding carboxylic acids is 1. The number of rotatable bonds is 6. The van der Waals surface area contributed by atoms with Crippen LogP contribution in [0.5, 0.6) is 0 Å². The topological polar surface area (TPSA) is 46.1 Å². The molecule has 0 atom stereocenters. The molecule has 0 unspecified atom stereocenters. The smallest absolute Gasteiger partial charge is 0.257 e. The van der Waals surface area contributed by atoms with Crippen LogP contribution in [0.2, 0.25) is 0 Å². The first-order valence-electron chi connectivity index (χ1n) is 5.86. The Bertz CT molecular complexity index is 341. The second-order valence-electron chi connectivity index (χ2n) is 3.79. The third kappa shape index (κ3) is 3.77. The van der Waals surface area contributed by atoms with Gasteiger partial charge in [0.2, 0.25) is 0 Å². The van der Waals surface area contributed by atoms with Crippen LogP contribution in [-0.4, -0.2) is 38.7 Å². The maximum absolute atomic E-state index is 12.3. The van der Waals surface area contributed by atoms with Gasteiger partial charge in [-0.3, -0.25) is 4.79 Å². The van der Waals surface area contributed by atoms with Crippen LogP contribution >= 0.6 is 15.9 Å². The van der Waals surface area contributed by atoms with Crippen LogP contribution in [0.1, 0.15) is 37.0 Å². The van der Waals surface area contributed by atoms with Crippen molar-refractivity contribution in [1.29, 1.82) is 0 Å². The maximum atomic E-state index is 12.3. The van der Waals surface area contributed by atoms with E-state index >= 15 is 0 Å². The molecule has 0 N–H and O–H groups in total. The van der Waals surface area contributed by atoms with Crippen LogP contribution in [0.4, 0.5) is 0 Å². The number of halogens is 1. The number of aromatic nitrogens is 2. The van der Waals surface area contributed by atoms with E-state index in [1.807, 2.05) is 4.90 Å². The van der Waals surface area contributed by atoms with E-state index in [0.717, 1.165) is 18.2 Å². The fourth-order valence-corrected chi connectivity index (χ4v) is 2.23. The molecular formula is C12H18BrN3O. The van der Waals surface area contributed by atoms with Crippen LogP contribution < -0.4 is 0 Å². The largest absolute Gasteiger partial charge is 0.335 e. The molecule has 1 amide bonds. The highest BCUT2D eigenvalue weighted by atomic mass is 79.9. The molecule has 1 aromatic heterocycles. The summed E-state index contributed by atoms with van der Waals surface area (Å²) in [6.07, 6.45) is 6.49. The molecule has 0 aliphatic heterocycles. The lowest BCUT2D eigenvalue weighted by molar-refractivity contribution is 0.0682. The van der Waals surface area contributed by atoms with Crippen LogP contribution in [0.25, 0.3) is 0 Å². The van der Waals surface area contributed by atoms with Gasteiger partial charge in [-0.1, -0.05) is 29.8 Å². The molecule has 94 valence electrons. The fourth-order valence-electron chi connectivity index (χ4n) is 1.85. The SMILES string of the molecule is CCC(CC)N(CCBr)C(=O)c1cncnc1. The van der Waals surface area contributed by atoms with Crippen LogP contribution in [0.3, 0.4) is 0 Å². The van der Waals surface area contributed by atoms with Crippen molar-refractivity contribution >= 4 is 21.8 Å². The van der Waals surface area contributed by atoms with Gasteiger partial charge in [0.15, 0.2) is 0 Å². The number of hydrogen-bond donors (Lipinski definition) is 0. The summed E-state index contributed by atoms with van der Waals surface area (Å²) in [6.45, 7) is 4.91. The molecule has 0 fully saturated rings. The number of hydrogen-bond acceptors (Lipinski definition) is 3. The van der Waals surface area contributed by atoms with E-state index in [1.165, 1.54) is 6.33 Å². The summed E-state index contributed by atoms with van der Waals surface area (Å²) in [5.74, 6) is 0.0127. The third-order valence-corrected chi connectivity index (χ3v) is 3.13. The second-order valence-corrected chi connectivity index (χ2v) is 4.58. The summed E-state index contributed by atoms with van der Waals surface area (Å²) in [5.41, 5.74) is 0.556. The summed E-state index contributed by atoms with van der Waals surface area (Å²) in [4.78, 5) is 22.0. The zero-order valence-corrected chi connectivity index (χ0v) is 11.9. The number of alkyl halides is 1. The van der Waals surface area contributed by atoms with E-state index in [4.69, 9.17) is 0 Å². The molecule has 17 heavy (non-hydrogen) atoms. The Hall–Kier alpha value is -0.970. The van der Waals surface area contributed by atoms with Crippen molar-refractivity contribution in [1.82, 2.24) is 14.9 Å². The first-order valence-corrected chi connectivity index (χ1v) is 6.98. The van der Waals surface area contributed by atoms with Crippen molar-refractivity contribution in [3.05, 3.63) is 24.3 Å². The number of amides is 1. The highest BCUT2D eigenvalue weighted by Crippen LogP contribution is 2.13. The molecule has 0 aromatic carbocycles. The van der Waals surface area contributed by atoms with Crippen molar-refractivity contribution in [2.75, 3.05) is 11.9 Å². The van der Waals surface area contributed by atoms with Gasteiger partial charge in [-0.05, 0) is 12.8 Å². The van der Waals surface area contributed by atoms with Crippen molar-refractivity contribution in [2.24, 2.45) is 0 Å². The van der Waals surface area contributed by atoms with Gasteiger partial charge in [-0.15, -0.1) is 0 Å². The molecule has 1 aromatic rings. The molecule has 1 heterocycles. The fraction of sp³-hybridized carbons (Fsp3) is 0.583. The Balaban J connectivity index is 2.87. The minimum absolute atomic E-state index is 0.0127. The average Bonchev–Trinajstić information content (AvgIpc) is 2.39. The summed E-state index contributed by atoms with van der Waals surface area (Å²) in [5, 5.41) is 0.781. The van der Waals surface area contributed by atoms with Crippen LogP contribution in [0.15, 0.2) is 18.7 Å². The van der Waals surface area contributed by atoms with E-state index < -0.39 is 0 Å². The number of nitrogens with zero attached hydrogens (tertiary/aromatic N) is 3. The molecule has 0 aliphatic carbocycles.